The van der Waals surface area contributed by atoms with Gasteiger partial charge in [0.25, 0.3) is 0 Å². The lowest BCUT2D eigenvalue weighted by atomic mass is 10.1. The maximum atomic E-state index is 10.8. The number of aromatic carboxylic acids is 1. The van der Waals surface area contributed by atoms with Gasteiger partial charge in [0, 0.05) is 17.3 Å². The summed E-state index contributed by atoms with van der Waals surface area (Å²) in [7, 11) is 0. The SMILES string of the molecule is N#Cc1cc(C#Cc2ccccc2)cnc1C(=O)O. The number of hydrogen-bond acceptors (Lipinski definition) is 3. The van der Waals surface area contributed by atoms with E-state index in [0.717, 1.165) is 5.56 Å². The van der Waals surface area contributed by atoms with Crippen molar-refractivity contribution >= 4 is 5.97 Å². The molecule has 4 nitrogen and oxygen atoms in total. The second kappa shape index (κ2) is 5.48. The largest absolute Gasteiger partial charge is 0.476 e. The number of carboxylic acid groups (broad SMARTS) is 1. The zero-order chi connectivity index (χ0) is 13.7. The predicted octanol–water partition coefficient (Wildman–Crippen LogP) is 2.05. The molecule has 1 aromatic carbocycles. The molecule has 0 aliphatic rings. The highest BCUT2D eigenvalue weighted by Crippen LogP contribution is 2.07. The Morgan fingerprint density at radius 1 is 1.16 bits per heavy atom. The second-order valence-corrected chi connectivity index (χ2v) is 3.65. The molecule has 1 N–H and O–H groups in total. The average Bonchev–Trinajstić information content (AvgIpc) is 2.45. The van der Waals surface area contributed by atoms with Crippen molar-refractivity contribution in [3.63, 3.8) is 0 Å². The van der Waals surface area contributed by atoms with Gasteiger partial charge in [-0.15, -0.1) is 0 Å². The molecule has 0 saturated carbocycles. The lowest BCUT2D eigenvalue weighted by Gasteiger charge is -1.97. The first-order chi connectivity index (χ1) is 9.20. The molecule has 90 valence electrons. The molecule has 0 atom stereocenters. The predicted molar refractivity (Wildman–Crippen MR) is 68.3 cm³/mol. The van der Waals surface area contributed by atoms with Crippen molar-refractivity contribution in [1.29, 1.82) is 5.26 Å². The van der Waals surface area contributed by atoms with Gasteiger partial charge in [-0.3, -0.25) is 0 Å². The summed E-state index contributed by atoms with van der Waals surface area (Å²) >= 11 is 0. The normalized spacial score (nSPS) is 9.00. The Morgan fingerprint density at radius 3 is 2.47 bits per heavy atom. The van der Waals surface area contributed by atoms with E-state index in [2.05, 4.69) is 16.8 Å². The third-order valence-corrected chi connectivity index (χ3v) is 2.34. The van der Waals surface area contributed by atoms with Gasteiger partial charge in [-0.05, 0) is 18.2 Å². The second-order valence-electron chi connectivity index (χ2n) is 3.65. The molecule has 0 amide bonds. The summed E-state index contributed by atoms with van der Waals surface area (Å²) < 4.78 is 0. The minimum absolute atomic E-state index is 0.00682. The summed E-state index contributed by atoms with van der Waals surface area (Å²) in [6.45, 7) is 0. The molecule has 0 spiro atoms. The van der Waals surface area contributed by atoms with E-state index in [4.69, 9.17) is 10.4 Å². The Balaban J connectivity index is 2.36. The molecule has 1 heterocycles. The first kappa shape index (κ1) is 12.3. The zero-order valence-electron chi connectivity index (χ0n) is 9.79. The molecule has 19 heavy (non-hydrogen) atoms. The molecule has 1 aromatic heterocycles. The summed E-state index contributed by atoms with van der Waals surface area (Å²) in [5.74, 6) is 4.54. The highest BCUT2D eigenvalue weighted by atomic mass is 16.4. The smallest absolute Gasteiger partial charge is 0.355 e. The van der Waals surface area contributed by atoms with Crippen molar-refractivity contribution in [3.05, 3.63) is 65.0 Å². The fourth-order valence-electron chi connectivity index (χ4n) is 1.45. The molecule has 2 aromatic rings. The number of benzene rings is 1. The Bertz CT molecular complexity index is 719. The molecular weight excluding hydrogens is 240 g/mol. The lowest BCUT2D eigenvalue weighted by Crippen LogP contribution is -2.04. The van der Waals surface area contributed by atoms with Crippen molar-refractivity contribution in [2.45, 2.75) is 0 Å². The van der Waals surface area contributed by atoms with Crippen LogP contribution in [0.1, 0.15) is 27.2 Å². The topological polar surface area (TPSA) is 74.0 Å². The van der Waals surface area contributed by atoms with Gasteiger partial charge in [0.05, 0.1) is 5.56 Å². The van der Waals surface area contributed by atoms with Crippen molar-refractivity contribution in [2.24, 2.45) is 0 Å². The molecule has 0 fully saturated rings. The Morgan fingerprint density at radius 2 is 1.84 bits per heavy atom. The van der Waals surface area contributed by atoms with Gasteiger partial charge >= 0.3 is 5.97 Å². The van der Waals surface area contributed by atoms with Crippen LogP contribution in [0, 0.1) is 23.2 Å². The van der Waals surface area contributed by atoms with Crippen LogP contribution in [-0.4, -0.2) is 16.1 Å². The van der Waals surface area contributed by atoms with E-state index in [-0.39, 0.29) is 11.3 Å². The molecule has 0 saturated heterocycles. The summed E-state index contributed by atoms with van der Waals surface area (Å²) in [5.41, 5.74) is 1.09. The van der Waals surface area contributed by atoms with Crippen molar-refractivity contribution in [3.8, 4) is 17.9 Å². The van der Waals surface area contributed by atoms with Crippen molar-refractivity contribution in [2.75, 3.05) is 0 Å². The molecule has 0 aliphatic heterocycles. The minimum atomic E-state index is -1.22. The highest BCUT2D eigenvalue weighted by molar-refractivity contribution is 5.88. The van der Waals surface area contributed by atoms with E-state index < -0.39 is 5.97 Å². The number of nitriles is 1. The molecule has 2 rings (SSSR count). The molecule has 0 radical (unpaired) electrons. The molecular formula is C15H8N2O2. The fourth-order valence-corrected chi connectivity index (χ4v) is 1.45. The maximum Gasteiger partial charge on any atom is 0.355 e. The van der Waals surface area contributed by atoms with E-state index in [1.54, 1.807) is 6.07 Å². The summed E-state index contributed by atoms with van der Waals surface area (Å²) in [6, 6.07) is 12.6. The van der Waals surface area contributed by atoms with Gasteiger partial charge in [-0.1, -0.05) is 30.0 Å². The van der Waals surface area contributed by atoms with Crippen LogP contribution < -0.4 is 0 Å². The van der Waals surface area contributed by atoms with E-state index in [1.807, 2.05) is 30.3 Å². The molecule has 0 aliphatic carbocycles. The first-order valence-electron chi connectivity index (χ1n) is 5.41. The van der Waals surface area contributed by atoms with Gasteiger partial charge in [0.1, 0.15) is 6.07 Å². The number of carboxylic acids is 1. The molecule has 4 heteroatoms. The first-order valence-corrected chi connectivity index (χ1v) is 5.41. The fraction of sp³-hybridized carbons (Fsp3) is 0. The third kappa shape index (κ3) is 2.96. The maximum absolute atomic E-state index is 10.8. The number of pyridine rings is 1. The van der Waals surface area contributed by atoms with Crippen molar-refractivity contribution < 1.29 is 9.90 Å². The molecule has 0 unspecified atom stereocenters. The Labute approximate surface area is 110 Å². The van der Waals surface area contributed by atoms with Gasteiger partial charge in [-0.2, -0.15) is 5.26 Å². The number of hydrogen-bond donors (Lipinski definition) is 1. The number of aromatic nitrogens is 1. The number of carbonyl (C=O) groups is 1. The van der Waals surface area contributed by atoms with E-state index in [0.29, 0.717) is 5.56 Å². The minimum Gasteiger partial charge on any atom is -0.476 e. The van der Waals surface area contributed by atoms with E-state index in [9.17, 15) is 4.79 Å². The van der Waals surface area contributed by atoms with Gasteiger partial charge in [0.2, 0.25) is 0 Å². The highest BCUT2D eigenvalue weighted by Gasteiger charge is 2.11. The number of nitrogens with zero attached hydrogens (tertiary/aromatic N) is 2. The Hall–Kier alpha value is -3.11. The lowest BCUT2D eigenvalue weighted by molar-refractivity contribution is 0.0690. The standard InChI is InChI=1S/C15H8N2O2/c16-9-13-8-12(10-17-14(13)15(18)19)7-6-11-4-2-1-3-5-11/h1-5,8,10H,(H,18,19). The summed E-state index contributed by atoms with van der Waals surface area (Å²) in [5, 5.41) is 17.7. The monoisotopic (exact) mass is 248 g/mol. The van der Waals surface area contributed by atoms with Crippen LogP contribution in [-0.2, 0) is 0 Å². The van der Waals surface area contributed by atoms with Crippen LogP contribution in [0.2, 0.25) is 0 Å². The summed E-state index contributed by atoms with van der Waals surface area (Å²) in [4.78, 5) is 14.6. The van der Waals surface area contributed by atoms with Crippen LogP contribution in [0.4, 0.5) is 0 Å². The zero-order valence-corrected chi connectivity index (χ0v) is 9.79. The van der Waals surface area contributed by atoms with Gasteiger partial charge in [-0.25, -0.2) is 9.78 Å². The molecule has 0 bridgehead atoms. The Kier molecular flexibility index (Phi) is 3.56. The van der Waals surface area contributed by atoms with Crippen LogP contribution in [0.15, 0.2) is 42.6 Å². The van der Waals surface area contributed by atoms with Crippen LogP contribution in [0.3, 0.4) is 0 Å². The van der Waals surface area contributed by atoms with Gasteiger partial charge < -0.3 is 5.11 Å². The summed E-state index contributed by atoms with van der Waals surface area (Å²) in [6.07, 6.45) is 1.35. The third-order valence-electron chi connectivity index (χ3n) is 2.34. The van der Waals surface area contributed by atoms with E-state index >= 15 is 0 Å². The van der Waals surface area contributed by atoms with Crippen LogP contribution in [0.25, 0.3) is 0 Å². The average molecular weight is 248 g/mol. The van der Waals surface area contributed by atoms with E-state index in [1.165, 1.54) is 12.3 Å². The van der Waals surface area contributed by atoms with Crippen LogP contribution >= 0.6 is 0 Å². The van der Waals surface area contributed by atoms with Crippen molar-refractivity contribution in [1.82, 2.24) is 4.98 Å². The number of rotatable bonds is 1. The quantitative estimate of drug-likeness (QED) is 0.784. The van der Waals surface area contributed by atoms with Crippen LogP contribution in [0.5, 0.6) is 0 Å². The van der Waals surface area contributed by atoms with Gasteiger partial charge in [0.15, 0.2) is 5.69 Å².